The Balaban J connectivity index is 1.40. The van der Waals surface area contributed by atoms with E-state index in [4.69, 9.17) is 9.47 Å². The van der Waals surface area contributed by atoms with Crippen LogP contribution in [0, 0.1) is 0 Å². The fourth-order valence-electron chi connectivity index (χ4n) is 3.60. The van der Waals surface area contributed by atoms with Crippen molar-refractivity contribution in [3.8, 4) is 5.69 Å². The summed E-state index contributed by atoms with van der Waals surface area (Å²) in [5.41, 5.74) is 1.49. The number of ether oxygens (including phenoxy) is 2. The zero-order valence-corrected chi connectivity index (χ0v) is 16.4. The van der Waals surface area contributed by atoms with Crippen LogP contribution in [0.2, 0.25) is 0 Å². The van der Waals surface area contributed by atoms with Crippen molar-refractivity contribution in [1.29, 1.82) is 0 Å². The van der Waals surface area contributed by atoms with Crippen molar-refractivity contribution in [3.63, 3.8) is 0 Å². The van der Waals surface area contributed by atoms with Crippen molar-refractivity contribution in [2.24, 2.45) is 0 Å². The Kier molecular flexibility index (Phi) is 4.72. The third-order valence-corrected chi connectivity index (χ3v) is 5.11. The predicted molar refractivity (Wildman–Crippen MR) is 111 cm³/mol. The van der Waals surface area contributed by atoms with E-state index in [1.165, 1.54) is 18.2 Å². The molecule has 31 heavy (non-hydrogen) atoms. The van der Waals surface area contributed by atoms with E-state index in [9.17, 15) is 14.4 Å². The van der Waals surface area contributed by atoms with Gasteiger partial charge in [-0.25, -0.2) is 14.2 Å². The Hall–Kier alpha value is -3.98. The lowest BCUT2D eigenvalue weighted by atomic mass is 10.1. The highest BCUT2D eigenvalue weighted by molar-refractivity contribution is 5.94. The van der Waals surface area contributed by atoms with Gasteiger partial charge in [0.25, 0.3) is 5.56 Å². The first-order chi connectivity index (χ1) is 15.1. The highest BCUT2D eigenvalue weighted by Crippen LogP contribution is 2.14. The minimum absolute atomic E-state index is 0.0169. The molecule has 1 aliphatic heterocycles. The summed E-state index contributed by atoms with van der Waals surface area (Å²) >= 11 is 0. The molecule has 2 aromatic carbocycles. The minimum atomic E-state index is -0.583. The second-order valence-electron chi connectivity index (χ2n) is 7.15. The molecule has 0 radical (unpaired) electrons. The molecule has 2 aromatic heterocycles. The van der Waals surface area contributed by atoms with Crippen LogP contribution in [0.3, 0.4) is 0 Å². The van der Waals surface area contributed by atoms with Crippen LogP contribution in [-0.4, -0.2) is 31.9 Å². The number of hydrogen-bond donors (Lipinski definition) is 1. The maximum absolute atomic E-state index is 12.8. The van der Waals surface area contributed by atoms with Crippen molar-refractivity contribution in [2.75, 3.05) is 6.61 Å². The highest BCUT2D eigenvalue weighted by atomic mass is 16.5. The topological polar surface area (TPSA) is 108 Å². The highest BCUT2D eigenvalue weighted by Gasteiger charge is 2.16. The van der Waals surface area contributed by atoms with Crippen LogP contribution >= 0.6 is 0 Å². The summed E-state index contributed by atoms with van der Waals surface area (Å²) in [5.74, 6) is -0.572. The smallest absolute Gasteiger partial charge is 0.338 e. The van der Waals surface area contributed by atoms with Gasteiger partial charge in [-0.2, -0.15) is 5.10 Å². The molecule has 5 rings (SSSR count). The van der Waals surface area contributed by atoms with Gasteiger partial charge in [0, 0.05) is 0 Å². The predicted octanol–water partition coefficient (Wildman–Crippen LogP) is 1.76. The number of esters is 1. The number of nitrogens with zero attached hydrogens (tertiary/aromatic N) is 3. The maximum atomic E-state index is 12.8. The lowest BCUT2D eigenvalue weighted by molar-refractivity contribution is 0.0466. The van der Waals surface area contributed by atoms with Crippen LogP contribution in [0.1, 0.15) is 21.7 Å². The van der Waals surface area contributed by atoms with Gasteiger partial charge >= 0.3 is 11.7 Å². The molecule has 0 saturated heterocycles. The van der Waals surface area contributed by atoms with Gasteiger partial charge in [-0.3, -0.25) is 9.48 Å². The summed E-state index contributed by atoms with van der Waals surface area (Å²) in [4.78, 5) is 40.5. The molecule has 156 valence electrons. The van der Waals surface area contributed by atoms with E-state index >= 15 is 0 Å². The van der Waals surface area contributed by atoms with Crippen LogP contribution in [0.25, 0.3) is 16.6 Å². The van der Waals surface area contributed by atoms with Gasteiger partial charge in [0.2, 0.25) is 0 Å². The number of carbonyl (C=O) groups excluding carboxylic acids is 1. The van der Waals surface area contributed by atoms with Gasteiger partial charge in [0.1, 0.15) is 12.3 Å². The quantitative estimate of drug-likeness (QED) is 0.506. The van der Waals surface area contributed by atoms with Crippen molar-refractivity contribution < 1.29 is 14.3 Å². The molecule has 0 aliphatic carbocycles. The van der Waals surface area contributed by atoms with Crippen molar-refractivity contribution >= 4 is 16.9 Å². The van der Waals surface area contributed by atoms with Crippen molar-refractivity contribution in [2.45, 2.75) is 19.8 Å². The summed E-state index contributed by atoms with van der Waals surface area (Å²) in [6, 6.07) is 14.9. The van der Waals surface area contributed by atoms with E-state index in [0.717, 1.165) is 10.3 Å². The summed E-state index contributed by atoms with van der Waals surface area (Å²) in [7, 11) is 0. The molecule has 4 aromatic rings. The Morgan fingerprint density at radius 3 is 2.77 bits per heavy atom. The van der Waals surface area contributed by atoms with Crippen LogP contribution in [0.15, 0.2) is 64.2 Å². The summed E-state index contributed by atoms with van der Waals surface area (Å²) in [6.45, 7) is 1.78. The number of para-hydroxylation sites is 1. The minimum Gasteiger partial charge on any atom is -0.456 e. The number of benzene rings is 2. The van der Waals surface area contributed by atoms with E-state index in [-0.39, 0.29) is 17.7 Å². The number of nitrogens with one attached hydrogen (secondary N) is 1. The van der Waals surface area contributed by atoms with E-state index in [1.807, 2.05) is 10.7 Å². The van der Waals surface area contributed by atoms with E-state index in [2.05, 4.69) is 10.1 Å². The Labute approximate surface area is 175 Å². The SMILES string of the molecule is O=C(OCc1cc2n(n1)CCOC2)c1ccc2c(=O)n(-c3ccccc3)c(=O)[nH]c2c1. The summed E-state index contributed by atoms with van der Waals surface area (Å²) in [5, 5.41) is 4.69. The Morgan fingerprint density at radius 1 is 1.13 bits per heavy atom. The second-order valence-corrected chi connectivity index (χ2v) is 7.15. The monoisotopic (exact) mass is 418 g/mol. The lowest BCUT2D eigenvalue weighted by Gasteiger charge is -2.12. The zero-order valence-electron chi connectivity index (χ0n) is 16.4. The van der Waals surface area contributed by atoms with Crippen LogP contribution in [0.5, 0.6) is 0 Å². The van der Waals surface area contributed by atoms with Crippen molar-refractivity contribution in [1.82, 2.24) is 19.3 Å². The first kappa shape index (κ1) is 19.0. The fourth-order valence-corrected chi connectivity index (χ4v) is 3.60. The Bertz CT molecular complexity index is 1380. The molecule has 9 heteroatoms. The number of carbonyl (C=O) groups is 1. The fraction of sp³-hybridized carbons (Fsp3) is 0.182. The number of aromatic nitrogens is 4. The number of H-pyrrole nitrogens is 1. The molecule has 9 nitrogen and oxygen atoms in total. The molecule has 0 fully saturated rings. The molecule has 0 atom stereocenters. The second kappa shape index (κ2) is 7.69. The largest absolute Gasteiger partial charge is 0.456 e. The molecule has 0 spiro atoms. The molecular weight excluding hydrogens is 400 g/mol. The standard InChI is InChI=1S/C22H18N4O5/c27-20-18-7-6-14(10-19(18)23-22(29)26(20)16-4-2-1-3-5-16)21(28)31-12-15-11-17-13-30-9-8-25(17)24-15/h1-7,10-11H,8-9,12-13H2,(H,23,29). The van der Waals surface area contributed by atoms with E-state index in [1.54, 1.807) is 30.3 Å². The average molecular weight is 418 g/mol. The van der Waals surface area contributed by atoms with E-state index < -0.39 is 17.2 Å². The molecule has 0 bridgehead atoms. The third kappa shape index (κ3) is 3.55. The maximum Gasteiger partial charge on any atom is 0.338 e. The molecular formula is C22H18N4O5. The third-order valence-electron chi connectivity index (χ3n) is 5.11. The van der Waals surface area contributed by atoms with Gasteiger partial charge in [0.15, 0.2) is 0 Å². The van der Waals surface area contributed by atoms with Crippen molar-refractivity contribution in [3.05, 3.63) is 92.4 Å². The van der Waals surface area contributed by atoms with Gasteiger partial charge < -0.3 is 14.5 Å². The number of aromatic amines is 1. The number of rotatable bonds is 4. The molecule has 1 N–H and O–H groups in total. The first-order valence-electron chi connectivity index (χ1n) is 9.75. The number of hydrogen-bond acceptors (Lipinski definition) is 6. The Morgan fingerprint density at radius 2 is 1.97 bits per heavy atom. The van der Waals surface area contributed by atoms with Gasteiger partial charge in [-0.05, 0) is 36.4 Å². The van der Waals surface area contributed by atoms with E-state index in [0.29, 0.717) is 36.5 Å². The van der Waals surface area contributed by atoms with Gasteiger partial charge in [0.05, 0.1) is 47.6 Å². The molecule has 0 unspecified atom stereocenters. The van der Waals surface area contributed by atoms with Gasteiger partial charge in [-0.15, -0.1) is 0 Å². The van der Waals surface area contributed by atoms with Crippen LogP contribution in [0.4, 0.5) is 0 Å². The molecule has 1 aliphatic rings. The normalized spacial score (nSPS) is 13.2. The average Bonchev–Trinajstić information content (AvgIpc) is 3.21. The lowest BCUT2D eigenvalue weighted by Crippen LogP contribution is -2.33. The van der Waals surface area contributed by atoms with Crippen LogP contribution < -0.4 is 11.2 Å². The molecule has 0 saturated carbocycles. The van der Waals surface area contributed by atoms with Gasteiger partial charge in [-0.1, -0.05) is 18.2 Å². The summed E-state index contributed by atoms with van der Waals surface area (Å²) in [6.07, 6.45) is 0. The zero-order chi connectivity index (χ0) is 21.4. The molecule has 3 heterocycles. The summed E-state index contributed by atoms with van der Waals surface area (Å²) < 4.78 is 13.6. The molecule has 0 amide bonds. The van der Waals surface area contributed by atoms with Crippen LogP contribution in [-0.2, 0) is 29.2 Å². The number of fused-ring (bicyclic) bond motifs is 2. The first-order valence-corrected chi connectivity index (χ1v) is 9.75.